The smallest absolute Gasteiger partial charge is 1.00 e. The Hall–Kier alpha value is -0.140. The van der Waals surface area contributed by atoms with Crippen LogP contribution in [0.4, 0.5) is 0 Å². The summed E-state index contributed by atoms with van der Waals surface area (Å²) >= 11 is 0. The van der Waals surface area contributed by atoms with Crippen LogP contribution in [0.25, 0.3) is 0 Å². The second-order valence-electron chi connectivity index (χ2n) is 7.77. The van der Waals surface area contributed by atoms with E-state index in [9.17, 15) is 9.59 Å². The number of amides is 1. The zero-order valence-corrected chi connectivity index (χ0v) is 21.1. The van der Waals surface area contributed by atoms with Crippen LogP contribution < -0.4 is 35.0 Å². The number of nitrogens with zero attached hydrogens (tertiary/aromatic N) is 1. The molecule has 0 aromatic rings. The van der Waals surface area contributed by atoms with Gasteiger partial charge in [-0.3, -0.25) is 15.0 Å². The van der Waals surface area contributed by atoms with Gasteiger partial charge in [0.25, 0.3) is 0 Å². The van der Waals surface area contributed by atoms with Gasteiger partial charge in [-0.05, 0) is 6.42 Å². The zero-order chi connectivity index (χ0) is 20.9. The maximum atomic E-state index is 11.8. The quantitative estimate of drug-likeness (QED) is 0.148. The Morgan fingerprint density at radius 1 is 0.793 bits per heavy atom. The minimum Gasteiger partial charge on any atom is -1.00 e. The van der Waals surface area contributed by atoms with Crippen molar-refractivity contribution in [2.45, 2.75) is 110 Å². The minimum atomic E-state index is -1.03. The SMILES string of the molecule is CCCCCCCCCCCCCCCCCC(=O)NN(CCO)CC(=O)O.[H-].[Na+]. The molecule has 0 bridgehead atoms. The maximum absolute atomic E-state index is 11.8. The van der Waals surface area contributed by atoms with Crippen molar-refractivity contribution in [1.29, 1.82) is 0 Å². The summed E-state index contributed by atoms with van der Waals surface area (Å²) in [6.45, 7) is 1.89. The fourth-order valence-electron chi connectivity index (χ4n) is 3.35. The van der Waals surface area contributed by atoms with E-state index in [0.29, 0.717) is 6.42 Å². The average Bonchev–Trinajstić information content (AvgIpc) is 2.64. The second kappa shape index (κ2) is 24.1. The molecule has 0 aliphatic carbocycles. The predicted molar refractivity (Wildman–Crippen MR) is 115 cm³/mol. The largest absolute Gasteiger partial charge is 1.00 e. The van der Waals surface area contributed by atoms with Crippen LogP contribution >= 0.6 is 0 Å². The molecule has 0 saturated heterocycles. The number of rotatable bonds is 21. The molecule has 0 fully saturated rings. The molecule has 6 nitrogen and oxygen atoms in total. The molecular weight excluding hydrogens is 379 g/mol. The van der Waals surface area contributed by atoms with Crippen LogP contribution in [-0.2, 0) is 9.59 Å². The Labute approximate surface area is 201 Å². The Morgan fingerprint density at radius 2 is 1.21 bits per heavy atom. The molecule has 3 N–H and O–H groups in total. The summed E-state index contributed by atoms with van der Waals surface area (Å²) < 4.78 is 0. The van der Waals surface area contributed by atoms with Crippen LogP contribution in [0.3, 0.4) is 0 Å². The van der Waals surface area contributed by atoms with Crippen molar-refractivity contribution in [3.05, 3.63) is 0 Å². The van der Waals surface area contributed by atoms with Crippen LogP contribution in [0.5, 0.6) is 0 Å². The van der Waals surface area contributed by atoms with Gasteiger partial charge in [0.05, 0.1) is 6.61 Å². The Kier molecular flexibility index (Phi) is 25.8. The maximum Gasteiger partial charge on any atom is 1.00 e. The molecule has 0 heterocycles. The molecule has 0 spiro atoms. The summed E-state index contributed by atoms with van der Waals surface area (Å²) in [7, 11) is 0. The van der Waals surface area contributed by atoms with Gasteiger partial charge in [0.2, 0.25) is 5.91 Å². The number of aliphatic hydroxyl groups excluding tert-OH is 1. The van der Waals surface area contributed by atoms with Gasteiger partial charge >= 0.3 is 35.5 Å². The van der Waals surface area contributed by atoms with Crippen molar-refractivity contribution < 1.29 is 50.8 Å². The van der Waals surface area contributed by atoms with Gasteiger partial charge in [-0.25, -0.2) is 5.01 Å². The van der Waals surface area contributed by atoms with Gasteiger partial charge in [-0.2, -0.15) is 0 Å². The first-order chi connectivity index (χ1) is 13.6. The number of aliphatic hydroxyl groups is 1. The number of carbonyl (C=O) groups is 2. The Bertz CT molecular complexity index is 390. The van der Waals surface area contributed by atoms with Crippen LogP contribution in [0, 0.1) is 0 Å². The van der Waals surface area contributed by atoms with Crippen LogP contribution in [0.2, 0.25) is 0 Å². The van der Waals surface area contributed by atoms with Gasteiger partial charge in [-0.15, -0.1) is 0 Å². The molecule has 168 valence electrons. The molecule has 0 aliphatic heterocycles. The summed E-state index contributed by atoms with van der Waals surface area (Å²) in [5.41, 5.74) is 2.55. The van der Waals surface area contributed by atoms with E-state index in [0.717, 1.165) is 19.3 Å². The molecule has 0 atom stereocenters. The van der Waals surface area contributed by atoms with Crippen LogP contribution in [-0.4, -0.2) is 46.8 Å². The van der Waals surface area contributed by atoms with Gasteiger partial charge < -0.3 is 11.6 Å². The van der Waals surface area contributed by atoms with E-state index in [-0.39, 0.29) is 56.6 Å². The van der Waals surface area contributed by atoms with E-state index < -0.39 is 5.97 Å². The van der Waals surface area contributed by atoms with Gasteiger partial charge in [0.1, 0.15) is 6.54 Å². The molecular formula is C22H45N2NaO4. The molecule has 0 radical (unpaired) electrons. The first-order valence-corrected chi connectivity index (χ1v) is 11.5. The molecule has 0 aromatic carbocycles. The number of carboxylic acid groups (broad SMARTS) is 1. The van der Waals surface area contributed by atoms with Gasteiger partial charge in [-0.1, -0.05) is 96.8 Å². The van der Waals surface area contributed by atoms with Crippen molar-refractivity contribution in [1.82, 2.24) is 10.4 Å². The van der Waals surface area contributed by atoms with Crippen LogP contribution in [0.1, 0.15) is 111 Å². The first kappa shape index (κ1) is 31.0. The van der Waals surface area contributed by atoms with E-state index in [4.69, 9.17) is 10.2 Å². The summed E-state index contributed by atoms with van der Waals surface area (Å²) in [5, 5.41) is 18.9. The number of carboxylic acids is 1. The van der Waals surface area contributed by atoms with Crippen molar-refractivity contribution in [3.8, 4) is 0 Å². The average molecular weight is 425 g/mol. The molecule has 0 aromatic heterocycles. The summed E-state index contributed by atoms with van der Waals surface area (Å²) in [5.74, 6) is -1.20. The number of hydrogen-bond acceptors (Lipinski definition) is 4. The topological polar surface area (TPSA) is 89.9 Å². The second-order valence-corrected chi connectivity index (χ2v) is 7.77. The summed E-state index contributed by atoms with van der Waals surface area (Å²) in [6.07, 6.45) is 19.7. The number of hydrogen-bond donors (Lipinski definition) is 3. The number of nitrogens with one attached hydrogen (secondary N) is 1. The van der Waals surface area contributed by atoms with E-state index in [2.05, 4.69) is 12.3 Å². The van der Waals surface area contributed by atoms with Gasteiger partial charge in [0, 0.05) is 13.0 Å². The van der Waals surface area contributed by atoms with E-state index in [1.165, 1.54) is 82.1 Å². The van der Waals surface area contributed by atoms with Crippen molar-refractivity contribution in [2.75, 3.05) is 19.7 Å². The van der Waals surface area contributed by atoms with Gasteiger partial charge in [0.15, 0.2) is 0 Å². The molecule has 0 aliphatic rings. The van der Waals surface area contributed by atoms with E-state index in [1.54, 1.807) is 0 Å². The van der Waals surface area contributed by atoms with Crippen molar-refractivity contribution in [3.63, 3.8) is 0 Å². The fraction of sp³-hybridized carbons (Fsp3) is 0.909. The fourth-order valence-corrected chi connectivity index (χ4v) is 3.35. The number of aliphatic carboxylic acids is 1. The molecule has 7 heteroatoms. The zero-order valence-electron chi connectivity index (χ0n) is 20.1. The monoisotopic (exact) mass is 424 g/mol. The van der Waals surface area contributed by atoms with Crippen LogP contribution in [0.15, 0.2) is 0 Å². The first-order valence-electron chi connectivity index (χ1n) is 11.5. The summed E-state index contributed by atoms with van der Waals surface area (Å²) in [4.78, 5) is 22.5. The van der Waals surface area contributed by atoms with E-state index >= 15 is 0 Å². The Balaban J connectivity index is -0.00000364. The third-order valence-electron chi connectivity index (χ3n) is 4.99. The minimum absolute atomic E-state index is 0. The predicted octanol–water partition coefficient (Wildman–Crippen LogP) is 1.77. The summed E-state index contributed by atoms with van der Waals surface area (Å²) in [6, 6.07) is 0. The van der Waals surface area contributed by atoms with Crippen molar-refractivity contribution in [2.24, 2.45) is 0 Å². The molecule has 1 amide bonds. The number of unbranched alkanes of at least 4 members (excludes halogenated alkanes) is 14. The molecule has 0 saturated carbocycles. The molecule has 0 rings (SSSR count). The standard InChI is InChI=1S/C22H44N2O4.Na.H/c1-2-3-4-5-6-7-8-9-10-11-12-13-14-15-16-17-21(26)23-24(18-19-25)20-22(27)28;;/h25H,2-20H2,1H3,(H,23,26)(H,27,28);;/q;+1;-1. The normalized spacial score (nSPS) is 10.7. The molecule has 29 heavy (non-hydrogen) atoms. The third-order valence-corrected chi connectivity index (χ3v) is 4.99. The number of carbonyl (C=O) groups excluding carboxylic acids is 1. The Morgan fingerprint density at radius 3 is 1.59 bits per heavy atom. The van der Waals surface area contributed by atoms with Crippen molar-refractivity contribution >= 4 is 11.9 Å². The molecule has 0 unspecified atom stereocenters. The number of hydrazine groups is 1. The third kappa shape index (κ3) is 24.0. The van der Waals surface area contributed by atoms with E-state index in [1.807, 2.05) is 0 Å².